The molecular weight excluding hydrogens is 370 g/mol. The van der Waals surface area contributed by atoms with E-state index < -0.39 is 10.0 Å². The molecule has 116 valence electrons. The molecule has 1 unspecified atom stereocenters. The fourth-order valence-corrected chi connectivity index (χ4v) is 4.04. The number of halogens is 1. The number of hydrogen-bond donors (Lipinski definition) is 0. The lowest BCUT2D eigenvalue weighted by molar-refractivity contribution is 0.204. The van der Waals surface area contributed by atoms with Crippen LogP contribution >= 0.6 is 15.9 Å². The summed E-state index contributed by atoms with van der Waals surface area (Å²) in [4.78, 5) is 0.288. The molecule has 0 amide bonds. The monoisotopic (exact) mass is 383 g/mol. The predicted octanol–water partition coefficient (Wildman–Crippen LogP) is 2.08. The molecule has 1 aliphatic rings. The van der Waals surface area contributed by atoms with E-state index in [0.717, 1.165) is 4.47 Å². The molecule has 2 aromatic rings. The van der Waals surface area contributed by atoms with Crippen LogP contribution in [0.1, 0.15) is 6.42 Å². The molecular formula is C14H14BrN3O3S. The van der Waals surface area contributed by atoms with Gasteiger partial charge in [0.25, 0.3) is 0 Å². The molecule has 6 nitrogen and oxygen atoms in total. The molecule has 1 aromatic heterocycles. The molecule has 1 aliphatic heterocycles. The maximum atomic E-state index is 12.6. The Labute approximate surface area is 137 Å². The van der Waals surface area contributed by atoms with Crippen molar-refractivity contribution in [1.29, 1.82) is 0 Å². The van der Waals surface area contributed by atoms with Gasteiger partial charge < -0.3 is 4.74 Å². The van der Waals surface area contributed by atoms with Crippen molar-refractivity contribution in [3.63, 3.8) is 0 Å². The van der Waals surface area contributed by atoms with Crippen molar-refractivity contribution in [2.75, 3.05) is 13.1 Å². The molecule has 0 N–H and O–H groups in total. The van der Waals surface area contributed by atoms with Crippen LogP contribution < -0.4 is 4.74 Å². The van der Waals surface area contributed by atoms with Crippen molar-refractivity contribution in [3.05, 3.63) is 47.1 Å². The second kappa shape index (κ2) is 6.31. The first kappa shape index (κ1) is 15.4. The zero-order valence-electron chi connectivity index (χ0n) is 11.6. The molecule has 1 atom stereocenters. The fraction of sp³-hybridized carbons (Fsp3) is 0.286. The van der Waals surface area contributed by atoms with E-state index in [0.29, 0.717) is 25.4 Å². The SMILES string of the molecule is O=S(=O)(c1ccc(Br)cc1)N1CCC(Oc2cccnn2)C1. The lowest BCUT2D eigenvalue weighted by Gasteiger charge is -2.17. The summed E-state index contributed by atoms with van der Waals surface area (Å²) in [6, 6.07) is 10.1. The zero-order chi connectivity index (χ0) is 15.6. The molecule has 8 heteroatoms. The molecule has 3 rings (SSSR count). The number of benzene rings is 1. The Morgan fingerprint density at radius 1 is 1.23 bits per heavy atom. The van der Waals surface area contributed by atoms with E-state index in [9.17, 15) is 8.42 Å². The zero-order valence-corrected chi connectivity index (χ0v) is 14.0. The molecule has 1 saturated heterocycles. The summed E-state index contributed by atoms with van der Waals surface area (Å²) < 4.78 is 33.1. The van der Waals surface area contributed by atoms with E-state index in [4.69, 9.17) is 4.74 Å². The lowest BCUT2D eigenvalue weighted by Crippen LogP contribution is -2.31. The third-order valence-corrected chi connectivity index (χ3v) is 5.80. The fourth-order valence-electron chi connectivity index (χ4n) is 2.29. The summed E-state index contributed by atoms with van der Waals surface area (Å²) in [6.45, 7) is 0.748. The van der Waals surface area contributed by atoms with Gasteiger partial charge in [0.15, 0.2) is 0 Å². The van der Waals surface area contributed by atoms with Gasteiger partial charge >= 0.3 is 0 Å². The van der Waals surface area contributed by atoms with Crippen molar-refractivity contribution in [2.45, 2.75) is 17.4 Å². The van der Waals surface area contributed by atoms with Crippen molar-refractivity contribution in [2.24, 2.45) is 0 Å². The summed E-state index contributed by atoms with van der Waals surface area (Å²) in [7, 11) is -3.48. The minimum absolute atomic E-state index is 0.207. The van der Waals surface area contributed by atoms with Crippen LogP contribution in [0.5, 0.6) is 5.88 Å². The van der Waals surface area contributed by atoms with Gasteiger partial charge in [-0.15, -0.1) is 5.10 Å². The smallest absolute Gasteiger partial charge is 0.243 e. The lowest BCUT2D eigenvalue weighted by atomic mass is 10.3. The van der Waals surface area contributed by atoms with Crippen LogP contribution in [0.4, 0.5) is 0 Å². The second-order valence-electron chi connectivity index (χ2n) is 4.91. The first-order valence-corrected chi connectivity index (χ1v) is 8.99. The van der Waals surface area contributed by atoms with E-state index in [1.807, 2.05) is 0 Å². The Kier molecular flexibility index (Phi) is 4.42. The van der Waals surface area contributed by atoms with Gasteiger partial charge in [-0.05, 0) is 36.8 Å². The van der Waals surface area contributed by atoms with Gasteiger partial charge in [0, 0.05) is 23.3 Å². The number of rotatable bonds is 4. The molecule has 1 aromatic carbocycles. The Bertz CT molecular complexity index is 738. The summed E-state index contributed by atoms with van der Waals surface area (Å²) >= 11 is 3.30. The molecule has 0 radical (unpaired) electrons. The van der Waals surface area contributed by atoms with E-state index in [2.05, 4.69) is 26.1 Å². The first-order chi connectivity index (χ1) is 10.6. The van der Waals surface area contributed by atoms with Crippen LogP contribution in [-0.2, 0) is 10.0 Å². The van der Waals surface area contributed by atoms with E-state index >= 15 is 0 Å². The highest BCUT2D eigenvalue weighted by atomic mass is 79.9. The van der Waals surface area contributed by atoms with Crippen LogP contribution in [0, 0.1) is 0 Å². The highest BCUT2D eigenvalue weighted by Gasteiger charge is 2.33. The number of sulfonamides is 1. The molecule has 0 aliphatic carbocycles. The van der Waals surface area contributed by atoms with Gasteiger partial charge in [-0.1, -0.05) is 15.9 Å². The van der Waals surface area contributed by atoms with Gasteiger partial charge in [0.05, 0.1) is 11.4 Å². The quantitative estimate of drug-likeness (QED) is 0.807. The maximum Gasteiger partial charge on any atom is 0.243 e. The van der Waals surface area contributed by atoms with E-state index in [1.165, 1.54) is 4.31 Å². The third-order valence-electron chi connectivity index (χ3n) is 3.39. The normalized spacial score (nSPS) is 19.2. The largest absolute Gasteiger partial charge is 0.472 e. The van der Waals surface area contributed by atoms with Crippen LogP contribution in [0.25, 0.3) is 0 Å². The van der Waals surface area contributed by atoms with Crippen molar-refractivity contribution >= 4 is 26.0 Å². The molecule has 22 heavy (non-hydrogen) atoms. The van der Waals surface area contributed by atoms with Gasteiger partial charge in [-0.25, -0.2) is 8.42 Å². The molecule has 0 spiro atoms. The average Bonchev–Trinajstić information content (AvgIpc) is 2.98. The molecule has 0 bridgehead atoms. The highest BCUT2D eigenvalue weighted by molar-refractivity contribution is 9.10. The maximum absolute atomic E-state index is 12.6. The topological polar surface area (TPSA) is 72.4 Å². The number of aromatic nitrogens is 2. The number of ether oxygens (including phenoxy) is 1. The van der Waals surface area contributed by atoms with Gasteiger partial charge in [0.1, 0.15) is 6.10 Å². The summed E-state index contributed by atoms with van der Waals surface area (Å²) in [5, 5.41) is 7.59. The summed E-state index contributed by atoms with van der Waals surface area (Å²) in [5.74, 6) is 0.412. The Balaban J connectivity index is 1.70. The van der Waals surface area contributed by atoms with Crippen molar-refractivity contribution < 1.29 is 13.2 Å². The third kappa shape index (κ3) is 3.29. The van der Waals surface area contributed by atoms with Gasteiger partial charge in [-0.2, -0.15) is 9.40 Å². The minimum atomic E-state index is -3.48. The Morgan fingerprint density at radius 3 is 2.68 bits per heavy atom. The van der Waals surface area contributed by atoms with Crippen LogP contribution in [0.15, 0.2) is 52.0 Å². The number of hydrogen-bond acceptors (Lipinski definition) is 5. The van der Waals surface area contributed by atoms with Crippen LogP contribution in [0.2, 0.25) is 0 Å². The van der Waals surface area contributed by atoms with E-state index in [1.54, 1.807) is 42.6 Å². The van der Waals surface area contributed by atoms with Crippen LogP contribution in [-0.4, -0.2) is 42.1 Å². The van der Waals surface area contributed by atoms with Crippen molar-refractivity contribution in [3.8, 4) is 5.88 Å². The van der Waals surface area contributed by atoms with Crippen LogP contribution in [0.3, 0.4) is 0 Å². The average molecular weight is 384 g/mol. The minimum Gasteiger partial charge on any atom is -0.472 e. The standard InChI is InChI=1S/C14H14BrN3O3S/c15-11-3-5-13(6-4-11)22(19,20)18-9-7-12(10-18)21-14-2-1-8-16-17-14/h1-6,8,12H,7,9-10H2. The molecule has 1 fully saturated rings. The van der Waals surface area contributed by atoms with E-state index in [-0.39, 0.29) is 11.0 Å². The Morgan fingerprint density at radius 2 is 2.00 bits per heavy atom. The molecule has 0 saturated carbocycles. The van der Waals surface area contributed by atoms with Gasteiger partial charge in [-0.3, -0.25) is 0 Å². The first-order valence-electron chi connectivity index (χ1n) is 6.76. The van der Waals surface area contributed by atoms with Gasteiger partial charge in [0.2, 0.25) is 15.9 Å². The summed E-state index contributed by atoms with van der Waals surface area (Å²) in [6.07, 6.45) is 1.99. The highest BCUT2D eigenvalue weighted by Crippen LogP contribution is 2.24. The number of nitrogens with zero attached hydrogens (tertiary/aromatic N) is 3. The predicted molar refractivity (Wildman–Crippen MR) is 84.0 cm³/mol. The second-order valence-corrected chi connectivity index (χ2v) is 7.76. The van der Waals surface area contributed by atoms with Crippen molar-refractivity contribution in [1.82, 2.24) is 14.5 Å². The molecule has 2 heterocycles. The Hall–Kier alpha value is -1.51. The summed E-state index contributed by atoms with van der Waals surface area (Å²) in [5.41, 5.74) is 0.